The summed E-state index contributed by atoms with van der Waals surface area (Å²) in [6, 6.07) is 9.41. The Labute approximate surface area is 188 Å². The third-order valence-corrected chi connectivity index (χ3v) is 6.39. The van der Waals surface area contributed by atoms with Crippen molar-refractivity contribution in [3.05, 3.63) is 64.1 Å². The van der Waals surface area contributed by atoms with Crippen LogP contribution in [0.1, 0.15) is 63.1 Å². The molecule has 1 aliphatic heterocycles. The van der Waals surface area contributed by atoms with Gasteiger partial charge in [0.1, 0.15) is 0 Å². The second-order valence-corrected chi connectivity index (χ2v) is 8.46. The van der Waals surface area contributed by atoms with Crippen LogP contribution < -0.4 is 0 Å². The summed E-state index contributed by atoms with van der Waals surface area (Å²) in [4.78, 5) is 30.6. The maximum absolute atomic E-state index is 13.0. The zero-order valence-corrected chi connectivity index (χ0v) is 19.2. The SMILES string of the molecule is CCc1nc2ccccc2c(C(=O)OCC(=O)c2cc(C)n(CC3CCCO3)c2C)c1C. The number of aryl methyl sites for hydroxylation is 2. The van der Waals surface area contributed by atoms with Gasteiger partial charge in [0.05, 0.1) is 17.2 Å². The van der Waals surface area contributed by atoms with Crippen LogP contribution in [0.4, 0.5) is 0 Å². The van der Waals surface area contributed by atoms with E-state index in [1.807, 2.05) is 58.0 Å². The molecule has 4 rings (SSSR count). The van der Waals surface area contributed by atoms with Crippen LogP contribution >= 0.6 is 0 Å². The van der Waals surface area contributed by atoms with Crippen LogP contribution in [0.3, 0.4) is 0 Å². The van der Waals surface area contributed by atoms with Crippen LogP contribution in [0.2, 0.25) is 0 Å². The van der Waals surface area contributed by atoms with E-state index in [9.17, 15) is 9.59 Å². The van der Waals surface area contributed by atoms with E-state index < -0.39 is 5.97 Å². The van der Waals surface area contributed by atoms with Crippen molar-refractivity contribution < 1.29 is 19.1 Å². The van der Waals surface area contributed by atoms with E-state index in [-0.39, 0.29) is 18.5 Å². The number of hydrogen-bond donors (Lipinski definition) is 0. The number of carbonyl (C=O) groups is 2. The number of esters is 1. The molecule has 0 N–H and O–H groups in total. The molecule has 32 heavy (non-hydrogen) atoms. The molecule has 1 aliphatic rings. The summed E-state index contributed by atoms with van der Waals surface area (Å²) >= 11 is 0. The van der Waals surface area contributed by atoms with Gasteiger partial charge < -0.3 is 14.0 Å². The third kappa shape index (κ3) is 4.19. The van der Waals surface area contributed by atoms with Gasteiger partial charge >= 0.3 is 5.97 Å². The predicted octanol–water partition coefficient (Wildman–Crippen LogP) is 4.74. The Morgan fingerprint density at radius 3 is 2.72 bits per heavy atom. The number of fused-ring (bicyclic) bond motifs is 1. The highest BCUT2D eigenvalue weighted by molar-refractivity contribution is 6.06. The minimum Gasteiger partial charge on any atom is -0.454 e. The maximum atomic E-state index is 13.0. The lowest BCUT2D eigenvalue weighted by Crippen LogP contribution is -2.19. The van der Waals surface area contributed by atoms with Crippen LogP contribution in [0.25, 0.3) is 10.9 Å². The molecule has 0 saturated carbocycles. The summed E-state index contributed by atoms with van der Waals surface area (Å²) in [5, 5.41) is 0.745. The van der Waals surface area contributed by atoms with Gasteiger partial charge in [0.2, 0.25) is 5.78 Å². The molecule has 2 aromatic heterocycles. The van der Waals surface area contributed by atoms with Gasteiger partial charge in [0, 0.05) is 41.2 Å². The largest absolute Gasteiger partial charge is 0.454 e. The Morgan fingerprint density at radius 2 is 2.00 bits per heavy atom. The van der Waals surface area contributed by atoms with Gasteiger partial charge in [-0.15, -0.1) is 0 Å². The fraction of sp³-hybridized carbons (Fsp3) is 0.423. The standard InChI is InChI=1S/C26H30N2O4/c1-5-22-17(3)25(20-10-6-7-11-23(20)27-22)26(30)32-15-24(29)21-13-16(2)28(18(21)4)14-19-9-8-12-31-19/h6-7,10-11,13,19H,5,8-9,12,14-15H2,1-4H3. The molecule has 3 aromatic rings. The summed E-state index contributed by atoms with van der Waals surface area (Å²) in [6.45, 7) is 9.07. The lowest BCUT2D eigenvalue weighted by molar-refractivity contribution is 0.0475. The topological polar surface area (TPSA) is 70.4 Å². The first kappa shape index (κ1) is 22.2. The highest BCUT2D eigenvalue weighted by Gasteiger charge is 2.23. The summed E-state index contributed by atoms with van der Waals surface area (Å²) in [6.07, 6.45) is 3.02. The van der Waals surface area contributed by atoms with Crippen molar-refractivity contribution in [2.75, 3.05) is 13.2 Å². The Balaban J connectivity index is 1.53. The fourth-order valence-corrected chi connectivity index (χ4v) is 4.60. The average Bonchev–Trinajstić information content (AvgIpc) is 3.40. The lowest BCUT2D eigenvalue weighted by atomic mass is 10.0. The van der Waals surface area contributed by atoms with Gasteiger partial charge in [-0.25, -0.2) is 4.79 Å². The van der Waals surface area contributed by atoms with E-state index >= 15 is 0 Å². The molecule has 1 saturated heterocycles. The van der Waals surface area contributed by atoms with E-state index in [1.54, 1.807) is 0 Å². The van der Waals surface area contributed by atoms with Crippen LogP contribution in [0.5, 0.6) is 0 Å². The van der Waals surface area contributed by atoms with Crippen LogP contribution in [0, 0.1) is 20.8 Å². The van der Waals surface area contributed by atoms with Gasteiger partial charge in [-0.1, -0.05) is 25.1 Å². The average molecular weight is 435 g/mol. The number of benzene rings is 1. The van der Waals surface area contributed by atoms with Crippen molar-refractivity contribution in [3.63, 3.8) is 0 Å². The van der Waals surface area contributed by atoms with Crippen molar-refractivity contribution in [3.8, 4) is 0 Å². The fourth-order valence-electron chi connectivity index (χ4n) is 4.60. The number of para-hydroxylation sites is 1. The molecule has 0 radical (unpaired) electrons. The first-order chi connectivity index (χ1) is 15.4. The van der Waals surface area contributed by atoms with Crippen molar-refractivity contribution in [1.29, 1.82) is 0 Å². The second kappa shape index (κ2) is 9.25. The Bertz CT molecular complexity index is 1170. The van der Waals surface area contributed by atoms with E-state index in [1.165, 1.54) is 0 Å². The summed E-state index contributed by atoms with van der Waals surface area (Å²) in [5.74, 6) is -0.686. The quantitative estimate of drug-likeness (QED) is 0.397. The molecule has 1 atom stereocenters. The smallest absolute Gasteiger partial charge is 0.339 e. The molecule has 1 fully saturated rings. The van der Waals surface area contributed by atoms with E-state index in [0.29, 0.717) is 17.5 Å². The van der Waals surface area contributed by atoms with Crippen LogP contribution in [0.15, 0.2) is 30.3 Å². The summed E-state index contributed by atoms with van der Waals surface area (Å²) in [7, 11) is 0. The zero-order chi connectivity index (χ0) is 22.8. The molecule has 1 unspecified atom stereocenters. The van der Waals surface area contributed by atoms with Crippen molar-refractivity contribution in [2.24, 2.45) is 0 Å². The zero-order valence-electron chi connectivity index (χ0n) is 19.2. The molecule has 0 aliphatic carbocycles. The third-order valence-electron chi connectivity index (χ3n) is 6.39. The molecule has 6 heteroatoms. The molecular formula is C26H30N2O4. The number of hydrogen-bond acceptors (Lipinski definition) is 5. The molecule has 1 aromatic carbocycles. The van der Waals surface area contributed by atoms with Crippen molar-refractivity contribution in [1.82, 2.24) is 9.55 Å². The summed E-state index contributed by atoms with van der Waals surface area (Å²) in [5.41, 5.74) is 5.40. The first-order valence-electron chi connectivity index (χ1n) is 11.3. The molecule has 168 valence electrons. The highest BCUT2D eigenvalue weighted by atomic mass is 16.5. The Kier molecular flexibility index (Phi) is 6.42. The van der Waals surface area contributed by atoms with Gasteiger partial charge in [0.15, 0.2) is 6.61 Å². The van der Waals surface area contributed by atoms with Gasteiger partial charge in [-0.2, -0.15) is 0 Å². The van der Waals surface area contributed by atoms with Gasteiger partial charge in [-0.05, 0) is 57.7 Å². The lowest BCUT2D eigenvalue weighted by Gasteiger charge is -2.15. The number of ether oxygens (including phenoxy) is 2. The number of nitrogens with zero attached hydrogens (tertiary/aromatic N) is 2. The maximum Gasteiger partial charge on any atom is 0.339 e. The highest BCUT2D eigenvalue weighted by Crippen LogP contribution is 2.25. The number of carbonyl (C=O) groups excluding carboxylic acids is 2. The van der Waals surface area contributed by atoms with Gasteiger partial charge in [0.25, 0.3) is 0 Å². The normalized spacial score (nSPS) is 15.9. The van der Waals surface area contributed by atoms with E-state index in [2.05, 4.69) is 9.55 Å². The van der Waals surface area contributed by atoms with E-state index in [4.69, 9.17) is 9.47 Å². The Morgan fingerprint density at radius 1 is 1.22 bits per heavy atom. The molecule has 6 nitrogen and oxygen atoms in total. The molecule has 0 bridgehead atoms. The molecule has 0 amide bonds. The number of pyridine rings is 1. The number of aromatic nitrogens is 2. The summed E-state index contributed by atoms with van der Waals surface area (Å²) < 4.78 is 13.4. The number of ketones is 1. The van der Waals surface area contributed by atoms with Gasteiger partial charge in [-0.3, -0.25) is 9.78 Å². The molecular weight excluding hydrogens is 404 g/mol. The first-order valence-corrected chi connectivity index (χ1v) is 11.3. The van der Waals surface area contributed by atoms with Crippen LogP contribution in [-0.2, 0) is 22.4 Å². The van der Waals surface area contributed by atoms with E-state index in [0.717, 1.165) is 59.5 Å². The monoisotopic (exact) mass is 434 g/mol. The predicted molar refractivity (Wildman–Crippen MR) is 123 cm³/mol. The number of rotatable bonds is 7. The van der Waals surface area contributed by atoms with Crippen molar-refractivity contribution in [2.45, 2.75) is 59.6 Å². The Hall–Kier alpha value is -2.99. The van der Waals surface area contributed by atoms with Crippen molar-refractivity contribution >= 4 is 22.7 Å². The minimum atomic E-state index is -0.489. The number of Topliss-reactive ketones (excluding diaryl/α,β-unsaturated/α-hetero) is 1. The molecule has 0 spiro atoms. The second-order valence-electron chi connectivity index (χ2n) is 8.46. The minimum absolute atomic E-state index is 0.191. The van der Waals surface area contributed by atoms with Crippen LogP contribution in [-0.4, -0.2) is 40.6 Å². The molecule has 3 heterocycles.